The van der Waals surface area contributed by atoms with Gasteiger partial charge in [-0.1, -0.05) is 12.1 Å². The molecule has 0 saturated heterocycles. The number of benzene rings is 1. The van der Waals surface area contributed by atoms with Crippen molar-refractivity contribution in [2.45, 2.75) is 17.4 Å². The molecule has 0 spiro atoms. The zero-order valence-electron chi connectivity index (χ0n) is 8.38. The second kappa shape index (κ2) is 3.79. The Labute approximate surface area is 93.0 Å². The Morgan fingerprint density at radius 1 is 1.44 bits per heavy atom. The summed E-state index contributed by atoms with van der Waals surface area (Å²) in [5.74, 6) is -1.18. The topological polar surface area (TPSA) is 83.5 Å². The van der Waals surface area contributed by atoms with E-state index in [2.05, 4.69) is 5.32 Å². The molecule has 1 aromatic carbocycles. The number of nitrogens with one attached hydrogen (secondary N) is 1. The van der Waals surface area contributed by atoms with E-state index in [9.17, 15) is 13.2 Å². The normalized spacial score (nSPS) is 21.9. The van der Waals surface area contributed by atoms with Crippen molar-refractivity contribution >= 4 is 21.5 Å². The molecule has 0 radical (unpaired) electrons. The number of hydrogen-bond acceptors (Lipinski definition) is 4. The van der Waals surface area contributed by atoms with Gasteiger partial charge in [-0.3, -0.25) is 4.79 Å². The summed E-state index contributed by atoms with van der Waals surface area (Å²) in [7, 11) is -3.36. The van der Waals surface area contributed by atoms with E-state index < -0.39 is 21.8 Å². The van der Waals surface area contributed by atoms with E-state index in [4.69, 9.17) is 5.11 Å². The highest BCUT2D eigenvalue weighted by atomic mass is 32.2. The molecule has 0 amide bonds. The maximum atomic E-state index is 11.8. The quantitative estimate of drug-likeness (QED) is 0.797. The van der Waals surface area contributed by atoms with E-state index in [1.807, 2.05) is 0 Å². The lowest BCUT2D eigenvalue weighted by Crippen LogP contribution is -2.35. The maximum Gasteiger partial charge on any atom is 0.305 e. The number of carboxylic acid groups (broad SMARTS) is 1. The van der Waals surface area contributed by atoms with Crippen LogP contribution in [0.25, 0.3) is 0 Å². The van der Waals surface area contributed by atoms with Crippen LogP contribution >= 0.6 is 0 Å². The molecule has 1 heterocycles. The molecule has 2 N–H and O–H groups in total. The fourth-order valence-corrected chi connectivity index (χ4v) is 3.45. The summed E-state index contributed by atoms with van der Waals surface area (Å²) >= 11 is 0. The number of carboxylic acids is 1. The summed E-state index contributed by atoms with van der Waals surface area (Å²) in [6.07, 6.45) is -0.201. The molecule has 0 bridgehead atoms. The van der Waals surface area contributed by atoms with Gasteiger partial charge in [0.05, 0.1) is 28.8 Å². The van der Waals surface area contributed by atoms with Crippen LogP contribution in [-0.4, -0.2) is 31.3 Å². The highest BCUT2D eigenvalue weighted by molar-refractivity contribution is 7.91. The number of rotatable bonds is 2. The molecule has 86 valence electrons. The van der Waals surface area contributed by atoms with Gasteiger partial charge in [-0.25, -0.2) is 8.42 Å². The largest absolute Gasteiger partial charge is 0.481 e. The van der Waals surface area contributed by atoms with Crippen molar-refractivity contribution in [2.24, 2.45) is 0 Å². The standard InChI is InChI=1S/C10H11NO4S/c12-10(13)5-7-6-16(14,15)9-4-2-1-3-8(9)11-7/h1-4,7,11H,5-6H2,(H,12,13). The van der Waals surface area contributed by atoms with Gasteiger partial charge < -0.3 is 10.4 Å². The van der Waals surface area contributed by atoms with E-state index in [1.54, 1.807) is 18.2 Å². The lowest BCUT2D eigenvalue weighted by atomic mass is 10.2. The van der Waals surface area contributed by atoms with Gasteiger partial charge in [-0.05, 0) is 12.1 Å². The van der Waals surface area contributed by atoms with Crippen molar-refractivity contribution in [1.29, 1.82) is 0 Å². The molecule has 0 aliphatic carbocycles. The molecule has 5 nitrogen and oxygen atoms in total. The number of carbonyl (C=O) groups is 1. The second-order valence-corrected chi connectivity index (χ2v) is 5.72. The van der Waals surface area contributed by atoms with Gasteiger partial charge in [0.25, 0.3) is 0 Å². The molecule has 16 heavy (non-hydrogen) atoms. The number of fused-ring (bicyclic) bond motifs is 1. The van der Waals surface area contributed by atoms with Crippen molar-refractivity contribution in [3.8, 4) is 0 Å². The van der Waals surface area contributed by atoms with Crippen molar-refractivity contribution in [2.75, 3.05) is 11.1 Å². The van der Waals surface area contributed by atoms with Gasteiger partial charge in [0.15, 0.2) is 9.84 Å². The van der Waals surface area contributed by atoms with Crippen LogP contribution in [-0.2, 0) is 14.6 Å². The summed E-state index contributed by atoms with van der Waals surface area (Å²) < 4.78 is 23.7. The monoisotopic (exact) mass is 241 g/mol. The van der Waals surface area contributed by atoms with Crippen molar-refractivity contribution in [1.82, 2.24) is 0 Å². The molecule has 1 unspecified atom stereocenters. The first-order chi connectivity index (χ1) is 7.49. The summed E-state index contributed by atoms with van der Waals surface area (Å²) in [5, 5.41) is 11.6. The van der Waals surface area contributed by atoms with Crippen LogP contribution in [0.4, 0.5) is 5.69 Å². The smallest absolute Gasteiger partial charge is 0.305 e. The molecular formula is C10H11NO4S. The first-order valence-corrected chi connectivity index (χ1v) is 6.44. The molecule has 2 rings (SSSR count). The minimum Gasteiger partial charge on any atom is -0.481 e. The van der Waals surface area contributed by atoms with E-state index in [-0.39, 0.29) is 17.1 Å². The Balaban J connectivity index is 2.37. The van der Waals surface area contributed by atoms with Crippen LogP contribution in [0.2, 0.25) is 0 Å². The highest BCUT2D eigenvalue weighted by Gasteiger charge is 2.30. The Morgan fingerprint density at radius 2 is 2.12 bits per heavy atom. The minimum atomic E-state index is -3.36. The molecule has 6 heteroatoms. The van der Waals surface area contributed by atoms with Crippen LogP contribution in [0.5, 0.6) is 0 Å². The Bertz CT molecular complexity index is 523. The zero-order valence-corrected chi connectivity index (χ0v) is 9.20. The molecular weight excluding hydrogens is 230 g/mol. The minimum absolute atomic E-state index is 0.170. The van der Waals surface area contributed by atoms with Gasteiger partial charge in [0.1, 0.15) is 0 Å². The van der Waals surface area contributed by atoms with E-state index >= 15 is 0 Å². The molecule has 1 atom stereocenters. The number of sulfone groups is 1. The van der Waals surface area contributed by atoms with Crippen LogP contribution in [0, 0.1) is 0 Å². The van der Waals surface area contributed by atoms with Gasteiger partial charge >= 0.3 is 5.97 Å². The fraction of sp³-hybridized carbons (Fsp3) is 0.300. The van der Waals surface area contributed by atoms with E-state index in [1.165, 1.54) is 6.07 Å². The Morgan fingerprint density at radius 3 is 2.81 bits per heavy atom. The van der Waals surface area contributed by atoms with Gasteiger partial charge in [0, 0.05) is 0 Å². The molecule has 0 aromatic heterocycles. The molecule has 1 aliphatic rings. The zero-order chi connectivity index (χ0) is 11.8. The number of hydrogen-bond donors (Lipinski definition) is 2. The summed E-state index contributed by atoms with van der Waals surface area (Å²) in [4.78, 5) is 10.8. The Kier molecular flexibility index (Phi) is 2.59. The fourth-order valence-electron chi connectivity index (χ4n) is 1.79. The third kappa shape index (κ3) is 2.01. The highest BCUT2D eigenvalue weighted by Crippen LogP contribution is 2.28. The molecule has 1 aromatic rings. The average molecular weight is 241 g/mol. The third-order valence-electron chi connectivity index (χ3n) is 2.42. The number of anilines is 1. The molecule has 0 saturated carbocycles. The van der Waals surface area contributed by atoms with Crippen LogP contribution in [0.15, 0.2) is 29.2 Å². The maximum absolute atomic E-state index is 11.8. The third-order valence-corrected chi connectivity index (χ3v) is 4.29. The molecule has 0 fully saturated rings. The first kappa shape index (κ1) is 10.9. The van der Waals surface area contributed by atoms with Gasteiger partial charge in [-0.2, -0.15) is 0 Å². The summed E-state index contributed by atoms with van der Waals surface area (Å²) in [5.41, 5.74) is 0.486. The van der Waals surface area contributed by atoms with Crippen molar-refractivity contribution in [3.63, 3.8) is 0 Å². The van der Waals surface area contributed by atoms with Crippen molar-refractivity contribution in [3.05, 3.63) is 24.3 Å². The van der Waals surface area contributed by atoms with Crippen LogP contribution < -0.4 is 5.32 Å². The van der Waals surface area contributed by atoms with Gasteiger partial charge in [-0.15, -0.1) is 0 Å². The second-order valence-electron chi connectivity index (χ2n) is 3.72. The SMILES string of the molecule is O=C(O)CC1CS(=O)(=O)c2ccccc2N1. The summed E-state index contributed by atoms with van der Waals surface area (Å²) in [6, 6.07) is 5.97. The number of para-hydroxylation sites is 1. The summed E-state index contributed by atoms with van der Waals surface area (Å²) in [6.45, 7) is 0. The van der Waals surface area contributed by atoms with Gasteiger partial charge in [0.2, 0.25) is 0 Å². The predicted octanol–water partition coefficient (Wildman–Crippen LogP) is 0.729. The predicted molar refractivity (Wildman–Crippen MR) is 58.2 cm³/mol. The van der Waals surface area contributed by atoms with E-state index in [0.717, 1.165) is 0 Å². The van der Waals surface area contributed by atoms with E-state index in [0.29, 0.717) is 5.69 Å². The Hall–Kier alpha value is -1.56. The molecule has 1 aliphatic heterocycles. The number of aliphatic carboxylic acids is 1. The lowest BCUT2D eigenvalue weighted by molar-refractivity contribution is -0.137. The first-order valence-electron chi connectivity index (χ1n) is 4.79. The van der Waals surface area contributed by atoms with Crippen LogP contribution in [0.1, 0.15) is 6.42 Å². The lowest BCUT2D eigenvalue weighted by Gasteiger charge is -2.25. The average Bonchev–Trinajstić information content (AvgIpc) is 2.15. The van der Waals surface area contributed by atoms with Crippen molar-refractivity contribution < 1.29 is 18.3 Å². The van der Waals surface area contributed by atoms with Crippen LogP contribution in [0.3, 0.4) is 0 Å².